The first-order valence-electron chi connectivity index (χ1n) is 5.93. The number of nitrogens with one attached hydrogen (secondary N) is 1. The highest BCUT2D eigenvalue weighted by Gasteiger charge is 2.39. The van der Waals surface area contributed by atoms with Crippen LogP contribution in [0.1, 0.15) is 38.5 Å². The molecule has 3 unspecified atom stereocenters. The summed E-state index contributed by atoms with van der Waals surface area (Å²) < 4.78 is 0. The Balaban J connectivity index is 1.87. The van der Waals surface area contributed by atoms with Crippen LogP contribution in [0, 0.1) is 5.92 Å². The predicted octanol–water partition coefficient (Wildman–Crippen LogP) is 2.27. The number of nitrogens with zero attached hydrogens (tertiary/aromatic N) is 1. The van der Waals surface area contributed by atoms with E-state index in [4.69, 9.17) is 0 Å². The molecule has 2 heterocycles. The minimum Gasteiger partial charge on any atom is -0.307 e. The molecular formula is C12H18N2. The van der Waals surface area contributed by atoms with Crippen LogP contribution in [0.4, 0.5) is 0 Å². The molecule has 1 aliphatic carbocycles. The molecule has 1 N–H and O–H groups in total. The van der Waals surface area contributed by atoms with E-state index in [1.54, 1.807) is 5.57 Å². The van der Waals surface area contributed by atoms with E-state index in [-0.39, 0.29) is 0 Å². The van der Waals surface area contributed by atoms with Gasteiger partial charge in [0.05, 0.1) is 0 Å². The Morgan fingerprint density at radius 2 is 2.14 bits per heavy atom. The largest absolute Gasteiger partial charge is 0.307 e. The van der Waals surface area contributed by atoms with Gasteiger partial charge in [-0.2, -0.15) is 0 Å². The molecule has 2 nitrogen and oxygen atoms in total. The lowest BCUT2D eigenvalue weighted by Gasteiger charge is -2.24. The molecule has 3 atom stereocenters. The monoisotopic (exact) mass is 190 g/mol. The van der Waals surface area contributed by atoms with Gasteiger partial charge < -0.3 is 5.32 Å². The Morgan fingerprint density at radius 1 is 1.21 bits per heavy atom. The number of aliphatic imine (C=N–C) groups is 1. The third-order valence-electron chi connectivity index (χ3n) is 3.93. The fourth-order valence-electron chi connectivity index (χ4n) is 3.23. The lowest BCUT2D eigenvalue weighted by Crippen LogP contribution is -2.33. The van der Waals surface area contributed by atoms with E-state index < -0.39 is 0 Å². The molecule has 0 bridgehead atoms. The second-order valence-corrected chi connectivity index (χ2v) is 4.75. The zero-order valence-electron chi connectivity index (χ0n) is 8.58. The molecule has 1 saturated heterocycles. The summed E-state index contributed by atoms with van der Waals surface area (Å²) in [7, 11) is 0. The second-order valence-electron chi connectivity index (χ2n) is 4.75. The highest BCUT2D eigenvalue weighted by atomic mass is 15.0. The highest BCUT2D eigenvalue weighted by Crippen LogP contribution is 2.38. The van der Waals surface area contributed by atoms with Gasteiger partial charge >= 0.3 is 0 Å². The number of fused-ring (bicyclic) bond motifs is 3. The third kappa shape index (κ3) is 1.33. The molecule has 0 radical (unpaired) electrons. The summed E-state index contributed by atoms with van der Waals surface area (Å²) in [5, 5.41) is 3.79. The van der Waals surface area contributed by atoms with Gasteiger partial charge in [-0.3, -0.25) is 4.99 Å². The molecule has 0 aromatic heterocycles. The topological polar surface area (TPSA) is 24.4 Å². The van der Waals surface area contributed by atoms with Gasteiger partial charge in [-0.05, 0) is 37.2 Å². The maximum absolute atomic E-state index is 4.38. The van der Waals surface area contributed by atoms with E-state index in [0.29, 0.717) is 6.04 Å². The molecule has 1 saturated carbocycles. The van der Waals surface area contributed by atoms with Crippen LogP contribution in [0.15, 0.2) is 16.8 Å². The summed E-state index contributed by atoms with van der Waals surface area (Å²) in [4.78, 5) is 4.38. The van der Waals surface area contributed by atoms with Crippen molar-refractivity contribution in [2.45, 2.75) is 50.6 Å². The molecule has 76 valence electrons. The maximum atomic E-state index is 4.38. The maximum Gasteiger partial charge on any atom is 0.0307 e. The van der Waals surface area contributed by atoms with Crippen molar-refractivity contribution in [1.82, 2.24) is 5.32 Å². The first kappa shape index (κ1) is 8.66. The quantitative estimate of drug-likeness (QED) is 0.622. The van der Waals surface area contributed by atoms with E-state index in [1.807, 2.05) is 0 Å². The van der Waals surface area contributed by atoms with Crippen LogP contribution in [-0.2, 0) is 0 Å². The number of hydrogen-bond donors (Lipinski definition) is 1. The van der Waals surface area contributed by atoms with Crippen molar-refractivity contribution in [1.29, 1.82) is 0 Å². The van der Waals surface area contributed by atoms with Crippen molar-refractivity contribution in [3.8, 4) is 0 Å². The van der Waals surface area contributed by atoms with Gasteiger partial charge in [0.2, 0.25) is 0 Å². The van der Waals surface area contributed by atoms with Crippen LogP contribution in [0.2, 0.25) is 0 Å². The standard InChI is InChI=1S/C12H18N2/c1-2-5-11-9(4-1)10-8-13-7-3-6-12(10)14-11/h7-9,11-12,14H,1-6H2. The molecule has 0 aromatic carbocycles. The molecule has 2 fully saturated rings. The first-order valence-corrected chi connectivity index (χ1v) is 5.93. The minimum atomic E-state index is 0.644. The van der Waals surface area contributed by atoms with Gasteiger partial charge in [0, 0.05) is 24.5 Å². The lowest BCUT2D eigenvalue weighted by atomic mass is 9.82. The Labute approximate surface area is 85.5 Å². The average molecular weight is 190 g/mol. The molecule has 0 amide bonds. The van der Waals surface area contributed by atoms with Gasteiger partial charge in [-0.25, -0.2) is 0 Å². The normalized spacial score (nSPS) is 41.1. The molecule has 14 heavy (non-hydrogen) atoms. The minimum absolute atomic E-state index is 0.644. The van der Waals surface area contributed by atoms with Crippen LogP contribution < -0.4 is 5.32 Å². The van der Waals surface area contributed by atoms with Crippen molar-refractivity contribution in [2.24, 2.45) is 10.9 Å². The van der Waals surface area contributed by atoms with Crippen molar-refractivity contribution in [3.63, 3.8) is 0 Å². The fraction of sp³-hybridized carbons (Fsp3) is 0.750. The summed E-state index contributed by atoms with van der Waals surface area (Å²) in [6, 6.07) is 1.42. The summed E-state index contributed by atoms with van der Waals surface area (Å²) in [5.74, 6) is 0.809. The van der Waals surface area contributed by atoms with Crippen LogP contribution in [0.25, 0.3) is 0 Å². The molecule has 0 aromatic rings. The second kappa shape index (κ2) is 3.50. The first-order chi connectivity index (χ1) is 6.95. The Hall–Kier alpha value is -0.630. The van der Waals surface area contributed by atoms with E-state index in [1.165, 1.54) is 32.1 Å². The summed E-state index contributed by atoms with van der Waals surface area (Å²) >= 11 is 0. The molecule has 0 spiro atoms. The van der Waals surface area contributed by atoms with E-state index in [9.17, 15) is 0 Å². The molecule has 3 rings (SSSR count). The number of rotatable bonds is 0. The van der Waals surface area contributed by atoms with E-state index in [2.05, 4.69) is 22.7 Å². The van der Waals surface area contributed by atoms with Crippen LogP contribution in [-0.4, -0.2) is 18.3 Å². The van der Waals surface area contributed by atoms with Crippen molar-refractivity contribution < 1.29 is 0 Å². The predicted molar refractivity (Wildman–Crippen MR) is 58.5 cm³/mol. The zero-order valence-corrected chi connectivity index (χ0v) is 8.58. The SMILES string of the molecule is C1=NC=C2C(CC1)NC1CCCCC21. The van der Waals surface area contributed by atoms with Crippen molar-refractivity contribution in [2.75, 3.05) is 0 Å². The van der Waals surface area contributed by atoms with Crippen LogP contribution in [0.5, 0.6) is 0 Å². The zero-order chi connectivity index (χ0) is 9.38. The highest BCUT2D eigenvalue weighted by molar-refractivity contribution is 5.59. The van der Waals surface area contributed by atoms with Gasteiger partial charge in [-0.15, -0.1) is 0 Å². The van der Waals surface area contributed by atoms with Crippen LogP contribution >= 0.6 is 0 Å². The van der Waals surface area contributed by atoms with E-state index >= 15 is 0 Å². The molecule has 2 heteroatoms. The molecule has 3 aliphatic rings. The smallest absolute Gasteiger partial charge is 0.0307 e. The van der Waals surface area contributed by atoms with Gasteiger partial charge in [0.25, 0.3) is 0 Å². The molecule has 2 aliphatic heterocycles. The van der Waals surface area contributed by atoms with Gasteiger partial charge in [-0.1, -0.05) is 12.8 Å². The Morgan fingerprint density at radius 3 is 3.14 bits per heavy atom. The van der Waals surface area contributed by atoms with Crippen molar-refractivity contribution in [3.05, 3.63) is 11.8 Å². The third-order valence-corrected chi connectivity index (χ3v) is 3.93. The van der Waals surface area contributed by atoms with Crippen molar-refractivity contribution >= 4 is 6.21 Å². The van der Waals surface area contributed by atoms with E-state index in [0.717, 1.165) is 18.4 Å². The van der Waals surface area contributed by atoms with Crippen LogP contribution in [0.3, 0.4) is 0 Å². The molecular weight excluding hydrogens is 172 g/mol. The fourth-order valence-corrected chi connectivity index (χ4v) is 3.23. The summed E-state index contributed by atoms with van der Waals surface area (Å²) in [6.45, 7) is 0. The number of hydrogen-bond acceptors (Lipinski definition) is 2. The summed E-state index contributed by atoms with van der Waals surface area (Å²) in [5.41, 5.74) is 1.60. The van der Waals surface area contributed by atoms with Gasteiger partial charge in [0.1, 0.15) is 0 Å². The average Bonchev–Trinajstić information content (AvgIpc) is 2.42. The van der Waals surface area contributed by atoms with Gasteiger partial charge in [0.15, 0.2) is 0 Å². The lowest BCUT2D eigenvalue weighted by molar-refractivity contribution is 0.344. The Kier molecular flexibility index (Phi) is 2.17. The summed E-state index contributed by atoms with van der Waals surface area (Å²) in [6.07, 6.45) is 12.2. The Bertz CT molecular complexity index is 280.